The van der Waals surface area contributed by atoms with E-state index < -0.39 is 41.0 Å². The third kappa shape index (κ3) is 4.77. The molecule has 5 nitrogen and oxygen atoms in total. The lowest BCUT2D eigenvalue weighted by Crippen LogP contribution is -2.50. The van der Waals surface area contributed by atoms with Crippen LogP contribution in [-0.2, 0) is 10.7 Å². The van der Waals surface area contributed by atoms with E-state index in [2.05, 4.69) is 5.32 Å². The van der Waals surface area contributed by atoms with E-state index in [-0.39, 0.29) is 42.2 Å². The second-order valence-corrected chi connectivity index (χ2v) is 7.96. The fourth-order valence-electron chi connectivity index (χ4n) is 3.75. The number of carbonyl (C=O) groups is 2. The minimum atomic E-state index is -4.20. The van der Waals surface area contributed by atoms with Crippen LogP contribution in [0.5, 0.6) is 0 Å². The first kappa shape index (κ1) is 23.7. The number of nitrogens with zero attached hydrogens (tertiary/aromatic N) is 1. The highest BCUT2D eigenvalue weighted by molar-refractivity contribution is 6.04. The van der Waals surface area contributed by atoms with Crippen LogP contribution < -0.4 is 5.32 Å². The zero-order valence-electron chi connectivity index (χ0n) is 17.7. The minimum absolute atomic E-state index is 0.0577. The average molecular weight is 452 g/mol. The van der Waals surface area contributed by atoms with Gasteiger partial charge in [-0.3, -0.25) is 9.59 Å². The van der Waals surface area contributed by atoms with Crippen LogP contribution in [0.15, 0.2) is 36.4 Å². The van der Waals surface area contributed by atoms with Crippen LogP contribution in [0.2, 0.25) is 0 Å². The summed E-state index contributed by atoms with van der Waals surface area (Å²) < 4.78 is 57.8. The van der Waals surface area contributed by atoms with Gasteiger partial charge in [-0.25, -0.2) is 8.78 Å². The van der Waals surface area contributed by atoms with E-state index in [0.717, 1.165) is 17.0 Å². The monoisotopic (exact) mass is 452 g/mol. The summed E-state index contributed by atoms with van der Waals surface area (Å²) in [4.78, 5) is 26.0. The molecule has 9 heteroatoms. The molecule has 0 saturated carbocycles. The second kappa shape index (κ2) is 9.28. The van der Waals surface area contributed by atoms with Gasteiger partial charge in [0.15, 0.2) is 0 Å². The van der Waals surface area contributed by atoms with Crippen LogP contribution in [0.25, 0.3) is 0 Å². The average Bonchev–Trinajstić information content (AvgIpc) is 2.76. The van der Waals surface area contributed by atoms with Gasteiger partial charge in [0, 0.05) is 30.3 Å². The first-order chi connectivity index (χ1) is 15.0. The number of amides is 2. The maximum Gasteiger partial charge on any atom is 0.352 e. The van der Waals surface area contributed by atoms with Crippen LogP contribution >= 0.6 is 0 Å². The Bertz CT molecular complexity index is 1030. The van der Waals surface area contributed by atoms with E-state index in [4.69, 9.17) is 0 Å². The number of aliphatic hydroxyl groups is 1. The molecule has 0 bridgehead atoms. The van der Waals surface area contributed by atoms with Gasteiger partial charge in [-0.15, -0.1) is 0 Å². The van der Waals surface area contributed by atoms with Crippen molar-refractivity contribution in [2.24, 2.45) is 5.92 Å². The van der Waals surface area contributed by atoms with Crippen molar-refractivity contribution < 1.29 is 32.3 Å². The van der Waals surface area contributed by atoms with Gasteiger partial charge in [-0.05, 0) is 61.7 Å². The number of halogens is 4. The zero-order valence-corrected chi connectivity index (χ0v) is 17.7. The maximum absolute atomic E-state index is 15.0. The highest BCUT2D eigenvalue weighted by Gasteiger charge is 2.47. The molecule has 3 rings (SSSR count). The summed E-state index contributed by atoms with van der Waals surface area (Å²) in [6.07, 6.45) is -0.0253. The Labute approximate surface area is 183 Å². The SMILES string of the molecule is CCC1CN(C(=O)C(F)(F)c2cc(C(=O)Nc3ccc(F)c(C)c3)ccc2F)CCC1O. The number of benzene rings is 2. The van der Waals surface area contributed by atoms with Gasteiger partial charge in [0.2, 0.25) is 0 Å². The minimum Gasteiger partial charge on any atom is -0.393 e. The number of carbonyl (C=O) groups excluding carboxylic acids is 2. The molecule has 2 atom stereocenters. The Balaban J connectivity index is 1.84. The predicted octanol–water partition coefficient (Wildman–Crippen LogP) is 4.24. The van der Waals surface area contributed by atoms with Gasteiger partial charge in [-0.1, -0.05) is 6.92 Å². The largest absolute Gasteiger partial charge is 0.393 e. The van der Waals surface area contributed by atoms with E-state index in [9.17, 15) is 23.5 Å². The van der Waals surface area contributed by atoms with Crippen molar-refractivity contribution >= 4 is 17.5 Å². The highest BCUT2D eigenvalue weighted by Crippen LogP contribution is 2.35. The van der Waals surface area contributed by atoms with Crippen molar-refractivity contribution in [2.75, 3.05) is 18.4 Å². The fraction of sp³-hybridized carbons (Fsp3) is 0.391. The Morgan fingerprint density at radius 2 is 1.84 bits per heavy atom. The lowest BCUT2D eigenvalue weighted by molar-refractivity contribution is -0.163. The van der Waals surface area contributed by atoms with Gasteiger partial charge >= 0.3 is 5.92 Å². The van der Waals surface area contributed by atoms with E-state index in [1.807, 2.05) is 0 Å². The summed E-state index contributed by atoms with van der Waals surface area (Å²) in [5, 5.41) is 12.4. The molecule has 1 heterocycles. The summed E-state index contributed by atoms with van der Waals surface area (Å²) in [6.45, 7) is 3.15. The Morgan fingerprint density at radius 3 is 2.50 bits per heavy atom. The normalized spacial score (nSPS) is 19.0. The molecule has 2 N–H and O–H groups in total. The first-order valence-electron chi connectivity index (χ1n) is 10.3. The van der Waals surface area contributed by atoms with Crippen LogP contribution in [-0.4, -0.2) is 41.0 Å². The maximum atomic E-state index is 15.0. The Kier molecular flexibility index (Phi) is 6.88. The molecular formula is C23H24F4N2O3. The van der Waals surface area contributed by atoms with E-state index in [1.165, 1.54) is 19.1 Å². The van der Waals surface area contributed by atoms with Gasteiger partial charge in [0.1, 0.15) is 11.6 Å². The molecule has 0 aromatic heterocycles. The number of aryl methyl sites for hydroxylation is 1. The molecule has 1 saturated heterocycles. The lowest BCUT2D eigenvalue weighted by Gasteiger charge is -2.37. The molecule has 172 valence electrons. The molecule has 2 unspecified atom stereocenters. The zero-order chi connectivity index (χ0) is 23.6. The summed E-state index contributed by atoms with van der Waals surface area (Å²) in [7, 11) is 0. The number of aliphatic hydroxyl groups excluding tert-OH is 1. The molecule has 1 aliphatic heterocycles. The number of alkyl halides is 2. The third-order valence-corrected chi connectivity index (χ3v) is 5.76. The van der Waals surface area contributed by atoms with Crippen LogP contribution in [0, 0.1) is 24.5 Å². The Morgan fingerprint density at radius 1 is 1.16 bits per heavy atom. The fourth-order valence-corrected chi connectivity index (χ4v) is 3.75. The lowest BCUT2D eigenvalue weighted by atomic mass is 9.91. The topological polar surface area (TPSA) is 69.6 Å². The summed E-state index contributed by atoms with van der Waals surface area (Å²) in [6, 6.07) is 6.19. The predicted molar refractivity (Wildman–Crippen MR) is 110 cm³/mol. The van der Waals surface area contributed by atoms with E-state index in [1.54, 1.807) is 6.92 Å². The van der Waals surface area contributed by atoms with E-state index >= 15 is 8.78 Å². The molecule has 2 aromatic rings. The number of likely N-dealkylation sites (tertiary alicyclic amines) is 1. The molecule has 0 spiro atoms. The smallest absolute Gasteiger partial charge is 0.352 e. The third-order valence-electron chi connectivity index (χ3n) is 5.76. The number of hydrogen-bond donors (Lipinski definition) is 2. The van der Waals surface area contributed by atoms with Crippen molar-refractivity contribution in [3.63, 3.8) is 0 Å². The summed E-state index contributed by atoms with van der Waals surface area (Å²) in [5.74, 6) is -8.72. The summed E-state index contributed by atoms with van der Waals surface area (Å²) >= 11 is 0. The number of piperidine rings is 1. The Hall–Kier alpha value is -2.94. The molecule has 1 aliphatic rings. The van der Waals surface area contributed by atoms with Gasteiger partial charge < -0.3 is 15.3 Å². The molecule has 0 radical (unpaired) electrons. The molecule has 0 aliphatic carbocycles. The number of rotatable bonds is 5. The number of anilines is 1. The van der Waals surface area contributed by atoms with Gasteiger partial charge in [-0.2, -0.15) is 8.78 Å². The van der Waals surface area contributed by atoms with Gasteiger partial charge in [0.05, 0.1) is 11.7 Å². The quantitative estimate of drug-likeness (QED) is 0.667. The molecular weight excluding hydrogens is 428 g/mol. The van der Waals surface area contributed by atoms with Crippen molar-refractivity contribution in [3.8, 4) is 0 Å². The van der Waals surface area contributed by atoms with Crippen LogP contribution in [0.1, 0.15) is 41.3 Å². The van der Waals surface area contributed by atoms with Crippen LogP contribution in [0.4, 0.5) is 23.2 Å². The van der Waals surface area contributed by atoms with Gasteiger partial charge in [0.25, 0.3) is 11.8 Å². The van der Waals surface area contributed by atoms with Crippen molar-refractivity contribution in [2.45, 2.75) is 38.7 Å². The molecule has 2 amide bonds. The van der Waals surface area contributed by atoms with Crippen molar-refractivity contribution in [3.05, 3.63) is 64.7 Å². The second-order valence-electron chi connectivity index (χ2n) is 7.96. The molecule has 1 fully saturated rings. The van der Waals surface area contributed by atoms with E-state index in [0.29, 0.717) is 18.6 Å². The summed E-state index contributed by atoms with van der Waals surface area (Å²) in [5.41, 5.74) is -0.974. The molecule has 32 heavy (non-hydrogen) atoms. The molecule has 2 aromatic carbocycles. The first-order valence-corrected chi connectivity index (χ1v) is 10.3. The standard InChI is InChI=1S/C23H24F4N2O3/c1-3-14-12-29(9-8-20(14)30)22(32)23(26,27)17-11-15(4-6-19(17)25)21(31)28-16-5-7-18(24)13(2)10-16/h4-7,10-11,14,20,30H,3,8-9,12H2,1-2H3,(H,28,31). The van der Waals surface area contributed by atoms with Crippen molar-refractivity contribution in [1.82, 2.24) is 4.90 Å². The number of nitrogens with one attached hydrogen (secondary N) is 1. The van der Waals surface area contributed by atoms with Crippen molar-refractivity contribution in [1.29, 1.82) is 0 Å². The highest BCUT2D eigenvalue weighted by atomic mass is 19.3. The number of hydrogen-bond acceptors (Lipinski definition) is 3. The van der Waals surface area contributed by atoms with Crippen LogP contribution in [0.3, 0.4) is 0 Å².